The molecule has 0 spiro atoms. The van der Waals surface area contributed by atoms with Gasteiger partial charge in [-0.3, -0.25) is 0 Å². The number of benzene rings is 1. The lowest BCUT2D eigenvalue weighted by Gasteiger charge is -2.09. The Morgan fingerprint density at radius 1 is 1.31 bits per heavy atom. The zero-order valence-corrected chi connectivity index (χ0v) is 9.81. The number of methoxy groups -OCH3 is 1. The minimum Gasteiger partial charge on any atom is -0.364 e. The Balaban J connectivity index is 2.44. The summed E-state index contributed by atoms with van der Waals surface area (Å²) in [5.74, 6) is 1.32. The molecule has 0 unspecified atom stereocenters. The number of ether oxygens (including phenoxy) is 1. The van der Waals surface area contributed by atoms with Gasteiger partial charge < -0.3 is 9.30 Å². The van der Waals surface area contributed by atoms with Gasteiger partial charge in [0.05, 0.1) is 17.8 Å². The van der Waals surface area contributed by atoms with E-state index >= 15 is 0 Å². The van der Waals surface area contributed by atoms with Crippen LogP contribution in [0.5, 0.6) is 0 Å². The molecule has 84 valence electrons. The van der Waals surface area contributed by atoms with Crippen molar-refractivity contribution in [3.8, 4) is 11.4 Å². The first-order valence-corrected chi connectivity index (χ1v) is 5.55. The zero-order chi connectivity index (χ0) is 11.4. The standard InChI is InChI=1S/C12H13ClN2O/c1-16-9-15-11(7-13)8-14-12(15)10-5-3-2-4-6-10/h2-6,8H,7,9H2,1H3. The van der Waals surface area contributed by atoms with E-state index in [0.29, 0.717) is 12.6 Å². The molecule has 0 aliphatic carbocycles. The fourth-order valence-corrected chi connectivity index (χ4v) is 1.82. The van der Waals surface area contributed by atoms with E-state index < -0.39 is 0 Å². The summed E-state index contributed by atoms with van der Waals surface area (Å²) >= 11 is 5.85. The lowest BCUT2D eigenvalue weighted by molar-refractivity contribution is 0.130. The molecule has 1 aromatic carbocycles. The number of hydrogen-bond donors (Lipinski definition) is 0. The molecule has 0 atom stereocenters. The predicted octanol–water partition coefficient (Wildman–Crippen LogP) is 2.89. The van der Waals surface area contributed by atoms with Crippen LogP contribution in [-0.2, 0) is 17.3 Å². The molecule has 0 fully saturated rings. The topological polar surface area (TPSA) is 27.1 Å². The first-order valence-electron chi connectivity index (χ1n) is 5.01. The molecule has 0 bridgehead atoms. The second-order valence-electron chi connectivity index (χ2n) is 3.42. The van der Waals surface area contributed by atoms with Crippen molar-refractivity contribution >= 4 is 11.6 Å². The first-order chi connectivity index (χ1) is 7.86. The van der Waals surface area contributed by atoms with Crippen molar-refractivity contribution in [3.05, 3.63) is 42.2 Å². The molecule has 1 aromatic heterocycles. The third-order valence-electron chi connectivity index (χ3n) is 2.37. The van der Waals surface area contributed by atoms with E-state index in [2.05, 4.69) is 4.98 Å². The second-order valence-corrected chi connectivity index (χ2v) is 3.69. The quantitative estimate of drug-likeness (QED) is 0.764. The van der Waals surface area contributed by atoms with Gasteiger partial charge >= 0.3 is 0 Å². The molecular formula is C12H13ClN2O. The van der Waals surface area contributed by atoms with Gasteiger partial charge in [-0.25, -0.2) is 4.98 Å². The van der Waals surface area contributed by atoms with Crippen LogP contribution in [0.4, 0.5) is 0 Å². The van der Waals surface area contributed by atoms with Crippen molar-refractivity contribution in [2.45, 2.75) is 12.6 Å². The molecule has 16 heavy (non-hydrogen) atoms. The summed E-state index contributed by atoms with van der Waals surface area (Å²) in [4.78, 5) is 4.37. The molecule has 4 heteroatoms. The highest BCUT2D eigenvalue weighted by Gasteiger charge is 2.10. The minimum absolute atomic E-state index is 0.434. The molecule has 0 saturated carbocycles. The molecule has 0 radical (unpaired) electrons. The summed E-state index contributed by atoms with van der Waals surface area (Å²) < 4.78 is 7.13. The van der Waals surface area contributed by atoms with Gasteiger partial charge in [0.2, 0.25) is 0 Å². The van der Waals surface area contributed by atoms with E-state index in [1.54, 1.807) is 13.3 Å². The highest BCUT2D eigenvalue weighted by atomic mass is 35.5. The van der Waals surface area contributed by atoms with Gasteiger partial charge in [-0.05, 0) is 0 Å². The number of nitrogens with zero attached hydrogens (tertiary/aromatic N) is 2. The Bertz CT molecular complexity index is 453. The summed E-state index contributed by atoms with van der Waals surface area (Å²) in [5.41, 5.74) is 2.03. The average molecular weight is 237 g/mol. The second kappa shape index (κ2) is 5.14. The van der Waals surface area contributed by atoms with Crippen LogP contribution in [-0.4, -0.2) is 16.7 Å². The smallest absolute Gasteiger partial charge is 0.142 e. The monoisotopic (exact) mass is 236 g/mol. The lowest BCUT2D eigenvalue weighted by Crippen LogP contribution is -2.05. The van der Waals surface area contributed by atoms with Crippen molar-refractivity contribution in [2.75, 3.05) is 7.11 Å². The average Bonchev–Trinajstić information content (AvgIpc) is 2.74. The molecule has 0 aliphatic rings. The van der Waals surface area contributed by atoms with Crippen molar-refractivity contribution in [2.24, 2.45) is 0 Å². The Morgan fingerprint density at radius 3 is 2.69 bits per heavy atom. The number of hydrogen-bond acceptors (Lipinski definition) is 2. The number of halogens is 1. The molecule has 0 saturated heterocycles. The molecular weight excluding hydrogens is 224 g/mol. The van der Waals surface area contributed by atoms with E-state index in [4.69, 9.17) is 16.3 Å². The Morgan fingerprint density at radius 2 is 2.06 bits per heavy atom. The van der Waals surface area contributed by atoms with Crippen molar-refractivity contribution in [3.63, 3.8) is 0 Å². The van der Waals surface area contributed by atoms with Crippen LogP contribution in [0, 0.1) is 0 Å². The third-order valence-corrected chi connectivity index (χ3v) is 2.64. The Labute approximate surface area is 99.6 Å². The van der Waals surface area contributed by atoms with Crippen LogP contribution >= 0.6 is 11.6 Å². The van der Waals surface area contributed by atoms with Crippen LogP contribution < -0.4 is 0 Å². The first kappa shape index (κ1) is 11.2. The molecule has 0 amide bonds. The summed E-state index contributed by atoms with van der Waals surface area (Å²) in [6.45, 7) is 0.465. The van der Waals surface area contributed by atoms with Gasteiger partial charge in [0.1, 0.15) is 12.6 Å². The maximum Gasteiger partial charge on any atom is 0.142 e. The number of rotatable bonds is 4. The largest absolute Gasteiger partial charge is 0.364 e. The van der Waals surface area contributed by atoms with E-state index in [1.807, 2.05) is 34.9 Å². The fraction of sp³-hybridized carbons (Fsp3) is 0.250. The predicted molar refractivity (Wildman–Crippen MR) is 64.2 cm³/mol. The van der Waals surface area contributed by atoms with Crippen LogP contribution in [0.2, 0.25) is 0 Å². The number of alkyl halides is 1. The minimum atomic E-state index is 0.434. The molecule has 0 N–H and O–H groups in total. The molecule has 1 heterocycles. The highest BCUT2D eigenvalue weighted by Crippen LogP contribution is 2.20. The number of imidazole rings is 1. The molecule has 0 aliphatic heterocycles. The summed E-state index contributed by atoms with van der Waals surface area (Å²) in [5, 5.41) is 0. The van der Waals surface area contributed by atoms with Gasteiger partial charge in [0, 0.05) is 12.7 Å². The van der Waals surface area contributed by atoms with Gasteiger partial charge in [-0.15, -0.1) is 11.6 Å². The summed E-state index contributed by atoms with van der Waals surface area (Å²) in [6.07, 6.45) is 1.79. The Kier molecular flexibility index (Phi) is 3.59. The van der Waals surface area contributed by atoms with Crippen LogP contribution in [0.15, 0.2) is 36.5 Å². The summed E-state index contributed by atoms with van der Waals surface area (Å²) in [6, 6.07) is 10.00. The van der Waals surface area contributed by atoms with Crippen molar-refractivity contribution < 1.29 is 4.74 Å². The molecule has 2 rings (SSSR count). The third kappa shape index (κ3) is 2.10. The Hall–Kier alpha value is -1.32. The van der Waals surface area contributed by atoms with E-state index in [1.165, 1.54) is 0 Å². The lowest BCUT2D eigenvalue weighted by atomic mass is 10.2. The maximum atomic E-state index is 5.85. The maximum absolute atomic E-state index is 5.85. The van der Waals surface area contributed by atoms with Gasteiger partial charge in [0.15, 0.2) is 0 Å². The molecule has 3 nitrogen and oxygen atoms in total. The summed E-state index contributed by atoms with van der Waals surface area (Å²) in [7, 11) is 1.66. The van der Waals surface area contributed by atoms with Crippen LogP contribution in [0.1, 0.15) is 5.69 Å². The highest BCUT2D eigenvalue weighted by molar-refractivity contribution is 6.16. The SMILES string of the molecule is COCn1c(CCl)cnc1-c1ccccc1. The fourth-order valence-electron chi connectivity index (χ4n) is 1.61. The van der Waals surface area contributed by atoms with E-state index in [0.717, 1.165) is 17.1 Å². The number of aromatic nitrogens is 2. The molecule has 2 aromatic rings. The van der Waals surface area contributed by atoms with Crippen LogP contribution in [0.3, 0.4) is 0 Å². The van der Waals surface area contributed by atoms with Crippen LogP contribution in [0.25, 0.3) is 11.4 Å². The van der Waals surface area contributed by atoms with Gasteiger partial charge in [-0.1, -0.05) is 30.3 Å². The van der Waals surface area contributed by atoms with E-state index in [-0.39, 0.29) is 0 Å². The normalized spacial score (nSPS) is 10.6. The van der Waals surface area contributed by atoms with Crippen molar-refractivity contribution in [1.29, 1.82) is 0 Å². The zero-order valence-electron chi connectivity index (χ0n) is 9.06. The van der Waals surface area contributed by atoms with Crippen molar-refractivity contribution in [1.82, 2.24) is 9.55 Å². The van der Waals surface area contributed by atoms with Gasteiger partial charge in [0.25, 0.3) is 0 Å². The van der Waals surface area contributed by atoms with E-state index in [9.17, 15) is 0 Å². The van der Waals surface area contributed by atoms with Gasteiger partial charge in [-0.2, -0.15) is 0 Å².